The Morgan fingerprint density at radius 1 is 1.27 bits per heavy atom. The molecule has 0 bridgehead atoms. The van der Waals surface area contributed by atoms with Crippen molar-refractivity contribution in [1.82, 2.24) is 15.5 Å². The van der Waals surface area contributed by atoms with Crippen LogP contribution in [0, 0.1) is 5.92 Å². The Labute approximate surface area is 198 Å². The molecule has 0 radical (unpaired) electrons. The van der Waals surface area contributed by atoms with Crippen LogP contribution in [-0.4, -0.2) is 63.7 Å². The maximum absolute atomic E-state index is 12.2. The molecule has 1 aromatic carbocycles. The molecule has 0 aromatic heterocycles. The molecule has 0 saturated carbocycles. The molecule has 1 amide bonds. The summed E-state index contributed by atoms with van der Waals surface area (Å²) in [6.45, 7) is 10.4. The first kappa shape index (κ1) is 26.3. The summed E-state index contributed by atoms with van der Waals surface area (Å²) in [5, 5.41) is 6.89. The van der Waals surface area contributed by atoms with E-state index in [1.165, 1.54) is 0 Å². The molecular formula is C22H37IN4O3. The summed E-state index contributed by atoms with van der Waals surface area (Å²) < 4.78 is 10.8. The molecule has 30 heavy (non-hydrogen) atoms. The maximum atomic E-state index is 12.2. The highest BCUT2D eigenvalue weighted by atomic mass is 127. The molecule has 0 spiro atoms. The second-order valence-electron chi connectivity index (χ2n) is 8.45. The number of hydrogen-bond acceptors (Lipinski definition) is 4. The van der Waals surface area contributed by atoms with Gasteiger partial charge in [-0.2, -0.15) is 0 Å². The predicted molar refractivity (Wildman–Crippen MR) is 132 cm³/mol. The topological polar surface area (TPSA) is 75.2 Å². The van der Waals surface area contributed by atoms with Crippen LogP contribution in [-0.2, 0) is 10.2 Å². The lowest BCUT2D eigenvalue weighted by atomic mass is 9.84. The van der Waals surface area contributed by atoms with Gasteiger partial charge < -0.3 is 25.0 Å². The van der Waals surface area contributed by atoms with E-state index in [1.807, 2.05) is 30.9 Å². The van der Waals surface area contributed by atoms with Crippen LogP contribution in [0.5, 0.6) is 11.5 Å². The van der Waals surface area contributed by atoms with Gasteiger partial charge in [0, 0.05) is 44.1 Å². The third-order valence-electron chi connectivity index (χ3n) is 5.42. The number of aliphatic imine (C=N–C) groups is 1. The normalized spacial score (nSPS) is 16.9. The Balaban J connectivity index is 0.00000450. The summed E-state index contributed by atoms with van der Waals surface area (Å²) in [7, 11) is 5.05. The molecule has 1 aliphatic rings. The molecular weight excluding hydrogens is 495 g/mol. The SMILES string of the molecule is CN=C(NCC(C)(C)c1ccc(OC)c(OC)c1)NC1CCN(C(=O)C(C)C)C1.I. The van der Waals surface area contributed by atoms with E-state index in [-0.39, 0.29) is 47.3 Å². The van der Waals surface area contributed by atoms with Gasteiger partial charge in [0.15, 0.2) is 17.5 Å². The van der Waals surface area contributed by atoms with Crippen LogP contribution in [0.25, 0.3) is 0 Å². The average molecular weight is 532 g/mol. The minimum atomic E-state index is -0.146. The zero-order valence-corrected chi connectivity index (χ0v) is 21.6. The van der Waals surface area contributed by atoms with Gasteiger partial charge in [0.25, 0.3) is 0 Å². The van der Waals surface area contributed by atoms with Crippen LogP contribution in [0.3, 0.4) is 0 Å². The van der Waals surface area contributed by atoms with E-state index in [2.05, 4.69) is 35.5 Å². The summed E-state index contributed by atoms with van der Waals surface area (Å²) in [6.07, 6.45) is 0.929. The smallest absolute Gasteiger partial charge is 0.225 e. The molecule has 170 valence electrons. The first-order chi connectivity index (χ1) is 13.7. The number of halogens is 1. The van der Waals surface area contributed by atoms with Crippen molar-refractivity contribution < 1.29 is 14.3 Å². The van der Waals surface area contributed by atoms with E-state index in [4.69, 9.17) is 9.47 Å². The fourth-order valence-electron chi connectivity index (χ4n) is 3.50. The van der Waals surface area contributed by atoms with Crippen LogP contribution in [0.15, 0.2) is 23.2 Å². The lowest BCUT2D eigenvalue weighted by Gasteiger charge is -2.28. The van der Waals surface area contributed by atoms with Gasteiger partial charge in [-0.05, 0) is 24.1 Å². The number of likely N-dealkylation sites (tertiary alicyclic amines) is 1. The molecule has 0 aliphatic carbocycles. The van der Waals surface area contributed by atoms with Gasteiger partial charge >= 0.3 is 0 Å². The van der Waals surface area contributed by atoms with Gasteiger partial charge in [-0.1, -0.05) is 33.8 Å². The number of amides is 1. The first-order valence-corrected chi connectivity index (χ1v) is 10.2. The fraction of sp³-hybridized carbons (Fsp3) is 0.636. The van der Waals surface area contributed by atoms with Crippen molar-refractivity contribution in [3.05, 3.63) is 23.8 Å². The average Bonchev–Trinajstić information content (AvgIpc) is 3.18. The number of nitrogens with zero attached hydrogens (tertiary/aromatic N) is 2. The number of methoxy groups -OCH3 is 2. The van der Waals surface area contributed by atoms with Gasteiger partial charge in [0.2, 0.25) is 5.91 Å². The third kappa shape index (κ3) is 6.65. The minimum absolute atomic E-state index is 0. The molecule has 1 aromatic rings. The van der Waals surface area contributed by atoms with Gasteiger partial charge in [-0.3, -0.25) is 9.79 Å². The van der Waals surface area contributed by atoms with Crippen LogP contribution in [0.2, 0.25) is 0 Å². The summed E-state index contributed by atoms with van der Waals surface area (Å²) in [6, 6.07) is 6.23. The van der Waals surface area contributed by atoms with E-state index in [9.17, 15) is 4.79 Å². The molecule has 1 heterocycles. The molecule has 1 fully saturated rings. The summed E-state index contributed by atoms with van der Waals surface area (Å²) in [5.41, 5.74) is 1.000. The summed E-state index contributed by atoms with van der Waals surface area (Å²) in [4.78, 5) is 18.5. The van der Waals surface area contributed by atoms with E-state index in [1.54, 1.807) is 21.3 Å². The van der Waals surface area contributed by atoms with Crippen molar-refractivity contribution >= 4 is 35.8 Å². The molecule has 7 nitrogen and oxygen atoms in total. The molecule has 2 rings (SSSR count). The zero-order valence-electron chi connectivity index (χ0n) is 19.2. The third-order valence-corrected chi connectivity index (χ3v) is 5.42. The standard InChI is InChI=1S/C22H36N4O3.HI/c1-15(2)20(27)26-11-10-17(13-26)25-21(23-5)24-14-22(3,4)16-8-9-18(28-6)19(12-16)29-7;/h8-9,12,15,17H,10-11,13-14H2,1-7H3,(H2,23,24,25);1H. The number of carbonyl (C=O) groups excluding carboxylic acids is 1. The summed E-state index contributed by atoms with van der Waals surface area (Å²) in [5.74, 6) is 2.45. The van der Waals surface area contributed by atoms with Gasteiger partial charge in [-0.25, -0.2) is 0 Å². The van der Waals surface area contributed by atoms with Crippen molar-refractivity contribution in [2.45, 2.75) is 45.6 Å². The molecule has 1 unspecified atom stereocenters. The van der Waals surface area contributed by atoms with Crippen molar-refractivity contribution in [3.8, 4) is 11.5 Å². The van der Waals surface area contributed by atoms with Crippen LogP contribution in [0.1, 0.15) is 39.7 Å². The highest BCUT2D eigenvalue weighted by molar-refractivity contribution is 14.0. The Bertz CT molecular complexity index is 737. The number of rotatable bonds is 7. The Hall–Kier alpha value is -1.71. The van der Waals surface area contributed by atoms with E-state index < -0.39 is 0 Å². The van der Waals surface area contributed by atoms with E-state index in [0.717, 1.165) is 42.5 Å². The van der Waals surface area contributed by atoms with Crippen molar-refractivity contribution in [3.63, 3.8) is 0 Å². The van der Waals surface area contributed by atoms with Gasteiger partial charge in [-0.15, -0.1) is 24.0 Å². The lowest BCUT2D eigenvalue weighted by Crippen LogP contribution is -2.48. The van der Waals surface area contributed by atoms with Crippen molar-refractivity contribution in [2.24, 2.45) is 10.9 Å². The molecule has 1 atom stereocenters. The number of carbonyl (C=O) groups is 1. The first-order valence-electron chi connectivity index (χ1n) is 10.2. The predicted octanol–water partition coefficient (Wildman–Crippen LogP) is 3.02. The van der Waals surface area contributed by atoms with Crippen LogP contribution in [0.4, 0.5) is 0 Å². The second kappa shape index (κ2) is 11.6. The van der Waals surface area contributed by atoms with Gasteiger partial charge in [0.05, 0.1) is 14.2 Å². The number of ether oxygens (including phenoxy) is 2. The molecule has 2 N–H and O–H groups in total. The Morgan fingerprint density at radius 3 is 2.50 bits per heavy atom. The molecule has 1 aliphatic heterocycles. The highest BCUT2D eigenvalue weighted by Crippen LogP contribution is 2.32. The second-order valence-corrected chi connectivity index (χ2v) is 8.45. The van der Waals surface area contributed by atoms with Gasteiger partial charge in [0.1, 0.15) is 0 Å². The fourth-order valence-corrected chi connectivity index (χ4v) is 3.50. The number of guanidine groups is 1. The lowest BCUT2D eigenvalue weighted by molar-refractivity contribution is -0.133. The number of nitrogens with one attached hydrogen (secondary N) is 2. The molecule has 8 heteroatoms. The maximum Gasteiger partial charge on any atom is 0.225 e. The van der Waals surface area contributed by atoms with E-state index in [0.29, 0.717) is 6.54 Å². The Kier molecular flexibility index (Phi) is 10.2. The number of hydrogen-bond donors (Lipinski definition) is 2. The number of benzene rings is 1. The summed E-state index contributed by atoms with van der Waals surface area (Å²) >= 11 is 0. The minimum Gasteiger partial charge on any atom is -0.493 e. The zero-order chi connectivity index (χ0) is 21.6. The highest BCUT2D eigenvalue weighted by Gasteiger charge is 2.28. The van der Waals surface area contributed by atoms with E-state index >= 15 is 0 Å². The van der Waals surface area contributed by atoms with Crippen molar-refractivity contribution in [2.75, 3.05) is 40.9 Å². The van der Waals surface area contributed by atoms with Crippen molar-refractivity contribution in [1.29, 1.82) is 0 Å². The quantitative estimate of drug-likeness (QED) is 0.321. The largest absolute Gasteiger partial charge is 0.493 e. The van der Waals surface area contributed by atoms with Crippen LogP contribution >= 0.6 is 24.0 Å². The Morgan fingerprint density at radius 2 is 1.93 bits per heavy atom. The molecule has 1 saturated heterocycles. The monoisotopic (exact) mass is 532 g/mol. The van der Waals surface area contributed by atoms with Crippen LogP contribution < -0.4 is 20.1 Å².